The molecule has 1 saturated carbocycles. The first-order valence-corrected chi connectivity index (χ1v) is 13.3. The molecule has 1 unspecified atom stereocenters. The van der Waals surface area contributed by atoms with E-state index in [1.165, 1.54) is 12.0 Å². The third-order valence-electron chi connectivity index (χ3n) is 7.17. The van der Waals surface area contributed by atoms with Crippen molar-refractivity contribution in [3.05, 3.63) is 107 Å². The number of nitrogens with one attached hydrogen (secondary N) is 1. The SMILES string of the molecule is Cc1ccc(CCC(=O)N(Cc2ccccc2)C(Cc2ccccc2)C(=O)NC2CCCCC2)cc1. The fourth-order valence-electron chi connectivity index (χ4n) is 5.03. The van der Waals surface area contributed by atoms with Crippen molar-refractivity contribution in [2.75, 3.05) is 0 Å². The van der Waals surface area contributed by atoms with Crippen LogP contribution in [0.2, 0.25) is 0 Å². The molecular weight excluding hydrogens is 444 g/mol. The Balaban J connectivity index is 1.58. The molecule has 1 aliphatic rings. The number of amides is 2. The zero-order valence-corrected chi connectivity index (χ0v) is 21.4. The van der Waals surface area contributed by atoms with Gasteiger partial charge in [0.15, 0.2) is 0 Å². The number of hydrogen-bond acceptors (Lipinski definition) is 2. The van der Waals surface area contributed by atoms with Crippen LogP contribution in [0.5, 0.6) is 0 Å². The van der Waals surface area contributed by atoms with Gasteiger partial charge < -0.3 is 10.2 Å². The standard InChI is InChI=1S/C32H38N2O2/c1-25-17-19-26(20-18-25)21-22-31(35)34(24-28-13-7-3-8-14-28)30(23-27-11-5-2-6-12-27)32(36)33-29-15-9-4-10-16-29/h2-3,5-8,11-14,17-20,29-30H,4,9-10,15-16,21-24H2,1H3,(H,33,36). The summed E-state index contributed by atoms with van der Waals surface area (Å²) in [4.78, 5) is 29.3. The van der Waals surface area contributed by atoms with Crippen LogP contribution in [0.25, 0.3) is 0 Å². The minimum absolute atomic E-state index is 0.0131. The number of aryl methyl sites for hydroxylation is 2. The fraction of sp³-hybridized carbons (Fsp3) is 0.375. The highest BCUT2D eigenvalue weighted by molar-refractivity contribution is 5.88. The molecule has 2 amide bonds. The largest absolute Gasteiger partial charge is 0.352 e. The molecule has 36 heavy (non-hydrogen) atoms. The van der Waals surface area contributed by atoms with Crippen molar-refractivity contribution < 1.29 is 9.59 Å². The maximum absolute atomic E-state index is 13.8. The average molecular weight is 483 g/mol. The number of rotatable bonds is 10. The van der Waals surface area contributed by atoms with E-state index in [4.69, 9.17) is 0 Å². The second-order valence-electron chi connectivity index (χ2n) is 10.0. The predicted octanol–water partition coefficient (Wildman–Crippen LogP) is 6.02. The Hall–Kier alpha value is -3.40. The molecule has 188 valence electrons. The molecule has 4 heteroatoms. The molecule has 4 nitrogen and oxygen atoms in total. The quantitative estimate of drug-likeness (QED) is 0.384. The summed E-state index contributed by atoms with van der Waals surface area (Å²) in [5.41, 5.74) is 4.44. The molecule has 0 heterocycles. The van der Waals surface area contributed by atoms with Crippen LogP contribution in [0, 0.1) is 6.92 Å². The highest BCUT2D eigenvalue weighted by Gasteiger charge is 2.31. The van der Waals surface area contributed by atoms with Crippen molar-refractivity contribution in [1.82, 2.24) is 10.2 Å². The first-order chi connectivity index (χ1) is 17.6. The molecule has 0 spiro atoms. The zero-order chi connectivity index (χ0) is 25.2. The number of hydrogen-bond donors (Lipinski definition) is 1. The molecular formula is C32H38N2O2. The molecule has 0 saturated heterocycles. The van der Waals surface area contributed by atoms with Crippen LogP contribution in [0.15, 0.2) is 84.9 Å². The second-order valence-corrected chi connectivity index (χ2v) is 10.0. The molecule has 3 aromatic carbocycles. The number of carbonyl (C=O) groups excluding carboxylic acids is 2. The Morgan fingerprint density at radius 2 is 1.42 bits per heavy atom. The van der Waals surface area contributed by atoms with Gasteiger partial charge in [-0.3, -0.25) is 9.59 Å². The summed E-state index contributed by atoms with van der Waals surface area (Å²) in [6, 6.07) is 28.0. The third-order valence-corrected chi connectivity index (χ3v) is 7.17. The zero-order valence-electron chi connectivity index (χ0n) is 21.4. The van der Waals surface area contributed by atoms with E-state index in [1.54, 1.807) is 0 Å². The molecule has 0 bridgehead atoms. The minimum atomic E-state index is -0.556. The highest BCUT2D eigenvalue weighted by Crippen LogP contribution is 2.20. The van der Waals surface area contributed by atoms with Crippen LogP contribution >= 0.6 is 0 Å². The van der Waals surface area contributed by atoms with E-state index in [9.17, 15) is 9.59 Å². The highest BCUT2D eigenvalue weighted by atomic mass is 16.2. The summed E-state index contributed by atoms with van der Waals surface area (Å²) in [7, 11) is 0. The molecule has 1 atom stereocenters. The Labute approximate surface area is 215 Å². The lowest BCUT2D eigenvalue weighted by Gasteiger charge is -2.33. The number of nitrogens with zero attached hydrogens (tertiary/aromatic N) is 1. The van der Waals surface area contributed by atoms with Crippen molar-refractivity contribution in [2.45, 2.75) is 76.9 Å². The van der Waals surface area contributed by atoms with E-state index in [1.807, 2.05) is 65.6 Å². The van der Waals surface area contributed by atoms with Gasteiger partial charge in [0, 0.05) is 25.4 Å². The van der Waals surface area contributed by atoms with Crippen LogP contribution in [0.3, 0.4) is 0 Å². The van der Waals surface area contributed by atoms with Crippen molar-refractivity contribution in [1.29, 1.82) is 0 Å². The van der Waals surface area contributed by atoms with Crippen LogP contribution in [-0.4, -0.2) is 28.8 Å². The summed E-state index contributed by atoms with van der Waals surface area (Å²) >= 11 is 0. The Morgan fingerprint density at radius 3 is 2.06 bits per heavy atom. The van der Waals surface area contributed by atoms with E-state index in [2.05, 4.69) is 36.5 Å². The first kappa shape index (κ1) is 25.7. The summed E-state index contributed by atoms with van der Waals surface area (Å²) in [5.74, 6) is -0.0236. The van der Waals surface area contributed by atoms with Crippen LogP contribution < -0.4 is 5.32 Å². The van der Waals surface area contributed by atoms with Crippen LogP contribution in [0.1, 0.15) is 60.8 Å². The van der Waals surface area contributed by atoms with Crippen molar-refractivity contribution in [3.8, 4) is 0 Å². The molecule has 1 fully saturated rings. The maximum Gasteiger partial charge on any atom is 0.243 e. The predicted molar refractivity (Wildman–Crippen MR) is 145 cm³/mol. The van der Waals surface area contributed by atoms with E-state index in [0.29, 0.717) is 25.8 Å². The molecule has 0 aliphatic heterocycles. The normalized spacial score (nSPS) is 14.7. The Bertz CT molecular complexity index is 1090. The van der Waals surface area contributed by atoms with Crippen LogP contribution in [0.4, 0.5) is 0 Å². The average Bonchev–Trinajstić information content (AvgIpc) is 2.92. The molecule has 1 N–H and O–H groups in total. The molecule has 0 radical (unpaired) electrons. The molecule has 1 aliphatic carbocycles. The van der Waals surface area contributed by atoms with E-state index in [0.717, 1.165) is 42.4 Å². The lowest BCUT2D eigenvalue weighted by atomic mass is 9.94. The van der Waals surface area contributed by atoms with E-state index < -0.39 is 6.04 Å². The minimum Gasteiger partial charge on any atom is -0.352 e. The molecule has 4 rings (SSSR count). The number of carbonyl (C=O) groups is 2. The van der Waals surface area contributed by atoms with E-state index in [-0.39, 0.29) is 17.9 Å². The Kier molecular flexibility index (Phi) is 9.32. The fourth-order valence-corrected chi connectivity index (χ4v) is 5.03. The van der Waals surface area contributed by atoms with Gasteiger partial charge in [-0.15, -0.1) is 0 Å². The first-order valence-electron chi connectivity index (χ1n) is 13.3. The van der Waals surface area contributed by atoms with Gasteiger partial charge in [0.2, 0.25) is 11.8 Å². The van der Waals surface area contributed by atoms with Gasteiger partial charge in [-0.2, -0.15) is 0 Å². The van der Waals surface area contributed by atoms with Crippen molar-refractivity contribution >= 4 is 11.8 Å². The van der Waals surface area contributed by atoms with Gasteiger partial charge in [0.1, 0.15) is 6.04 Å². The lowest BCUT2D eigenvalue weighted by molar-refractivity contribution is -0.141. The molecule has 0 aromatic heterocycles. The van der Waals surface area contributed by atoms with Gasteiger partial charge in [-0.25, -0.2) is 0 Å². The number of benzene rings is 3. The summed E-state index contributed by atoms with van der Waals surface area (Å²) in [6.45, 7) is 2.48. The lowest BCUT2D eigenvalue weighted by Crippen LogP contribution is -2.52. The van der Waals surface area contributed by atoms with Gasteiger partial charge in [-0.1, -0.05) is 110 Å². The van der Waals surface area contributed by atoms with Gasteiger partial charge in [0.25, 0.3) is 0 Å². The monoisotopic (exact) mass is 482 g/mol. The second kappa shape index (κ2) is 13.1. The summed E-state index contributed by atoms with van der Waals surface area (Å²) in [5, 5.41) is 3.31. The summed E-state index contributed by atoms with van der Waals surface area (Å²) < 4.78 is 0. The van der Waals surface area contributed by atoms with Gasteiger partial charge in [0.05, 0.1) is 0 Å². The van der Waals surface area contributed by atoms with Crippen LogP contribution in [-0.2, 0) is 29.0 Å². The van der Waals surface area contributed by atoms with E-state index >= 15 is 0 Å². The van der Waals surface area contributed by atoms with Gasteiger partial charge >= 0.3 is 0 Å². The van der Waals surface area contributed by atoms with Crippen molar-refractivity contribution in [3.63, 3.8) is 0 Å². The smallest absolute Gasteiger partial charge is 0.243 e. The maximum atomic E-state index is 13.8. The Morgan fingerprint density at radius 1 is 0.806 bits per heavy atom. The van der Waals surface area contributed by atoms with Gasteiger partial charge in [-0.05, 0) is 42.9 Å². The third kappa shape index (κ3) is 7.55. The topological polar surface area (TPSA) is 49.4 Å². The van der Waals surface area contributed by atoms with Crippen molar-refractivity contribution in [2.24, 2.45) is 0 Å². The molecule has 3 aromatic rings. The summed E-state index contributed by atoms with van der Waals surface area (Å²) in [6.07, 6.45) is 7.10.